The van der Waals surface area contributed by atoms with Gasteiger partial charge in [0.1, 0.15) is 17.3 Å². The third-order valence-electron chi connectivity index (χ3n) is 7.85. The Hall–Kier alpha value is -4.48. The number of aromatic hydroxyl groups is 2. The molecule has 2 heterocycles. The molecule has 0 unspecified atom stereocenters. The van der Waals surface area contributed by atoms with Gasteiger partial charge in [-0.15, -0.1) is 0 Å². The lowest BCUT2D eigenvalue weighted by atomic mass is 10.1. The number of nitrogens with two attached hydrogens (primary N) is 1. The summed E-state index contributed by atoms with van der Waals surface area (Å²) < 4.78 is 12.3. The van der Waals surface area contributed by atoms with Gasteiger partial charge in [0.2, 0.25) is 0 Å². The average molecular weight is 622 g/mol. The highest BCUT2D eigenvalue weighted by Gasteiger charge is 2.17. The van der Waals surface area contributed by atoms with Gasteiger partial charge in [-0.2, -0.15) is 0 Å². The molecule has 10 nitrogen and oxygen atoms in total. The summed E-state index contributed by atoms with van der Waals surface area (Å²) in [5.74, 6) is -1.14. The van der Waals surface area contributed by atoms with Crippen molar-refractivity contribution in [2.24, 2.45) is 0 Å². The molecule has 4 N–H and O–H groups in total. The van der Waals surface area contributed by atoms with Crippen molar-refractivity contribution < 1.29 is 29.0 Å². The summed E-state index contributed by atoms with van der Waals surface area (Å²) in [6.07, 6.45) is 0. The molecular weight excluding hydrogens is 577 g/mol. The van der Waals surface area contributed by atoms with Crippen LogP contribution in [-0.4, -0.2) is 104 Å². The van der Waals surface area contributed by atoms with Crippen LogP contribution in [0, 0.1) is 5.82 Å². The van der Waals surface area contributed by atoms with Gasteiger partial charge in [-0.3, -0.25) is 14.4 Å². The first-order valence-electron chi connectivity index (χ1n) is 14.9. The molecule has 0 atom stereocenters. The molecule has 2 aliphatic heterocycles. The fourth-order valence-electron chi connectivity index (χ4n) is 5.01. The maximum Gasteiger partial charge on any atom is 0.163 e. The number of ketones is 3. The van der Waals surface area contributed by atoms with E-state index in [1.165, 1.54) is 19.9 Å². The molecule has 0 saturated carbocycles. The first-order chi connectivity index (χ1) is 21.3. The predicted molar refractivity (Wildman–Crippen MR) is 176 cm³/mol. The van der Waals surface area contributed by atoms with Gasteiger partial charge in [0, 0.05) is 87.1 Å². The molecule has 0 amide bonds. The van der Waals surface area contributed by atoms with E-state index in [0.29, 0.717) is 16.8 Å². The number of likely N-dealkylation sites (N-methyl/N-ethyl adjacent to an activating group) is 2. The number of hydrogen-bond donors (Lipinski definition) is 3. The van der Waals surface area contributed by atoms with E-state index >= 15 is 0 Å². The van der Waals surface area contributed by atoms with Gasteiger partial charge in [0.25, 0.3) is 0 Å². The molecule has 2 aliphatic rings. The van der Waals surface area contributed by atoms with E-state index < -0.39 is 5.82 Å². The Labute approximate surface area is 264 Å². The van der Waals surface area contributed by atoms with Crippen LogP contribution in [0.5, 0.6) is 11.5 Å². The molecule has 2 fully saturated rings. The number of nitrogen functional groups attached to an aromatic ring is 1. The lowest BCUT2D eigenvalue weighted by Gasteiger charge is -2.34. The van der Waals surface area contributed by atoms with E-state index in [4.69, 9.17) is 10.8 Å². The summed E-state index contributed by atoms with van der Waals surface area (Å²) in [6.45, 7) is 12.4. The normalized spacial score (nSPS) is 15.3. The number of phenols is 2. The number of carbonyl (C=O) groups excluding carboxylic acids is 3. The van der Waals surface area contributed by atoms with Crippen LogP contribution in [0.15, 0.2) is 54.6 Å². The minimum Gasteiger partial charge on any atom is -0.507 e. The molecule has 11 heteroatoms. The number of phenolic OH excluding ortho intramolecular Hbond substituents is 2. The van der Waals surface area contributed by atoms with Gasteiger partial charge in [-0.05, 0) is 77.3 Å². The van der Waals surface area contributed by atoms with Gasteiger partial charge < -0.3 is 35.5 Å². The summed E-state index contributed by atoms with van der Waals surface area (Å²) in [7, 11) is 4.23. The largest absolute Gasteiger partial charge is 0.507 e. The summed E-state index contributed by atoms with van der Waals surface area (Å²) >= 11 is 0. The van der Waals surface area contributed by atoms with Crippen molar-refractivity contribution in [1.29, 1.82) is 0 Å². The van der Waals surface area contributed by atoms with Gasteiger partial charge in [-0.1, -0.05) is 0 Å². The summed E-state index contributed by atoms with van der Waals surface area (Å²) in [5, 5.41) is 18.8. The fraction of sp³-hybridized carbons (Fsp3) is 0.382. The summed E-state index contributed by atoms with van der Waals surface area (Å²) in [5.41, 5.74) is 9.72. The van der Waals surface area contributed by atoms with Crippen molar-refractivity contribution in [2.45, 2.75) is 20.8 Å². The Bertz CT molecular complexity index is 1420. The average Bonchev–Trinajstić information content (AvgIpc) is 2.98. The van der Waals surface area contributed by atoms with Crippen LogP contribution >= 0.6 is 0 Å². The number of carbonyl (C=O) groups is 3. The van der Waals surface area contributed by atoms with Crippen molar-refractivity contribution in [3.8, 4) is 11.5 Å². The second kappa shape index (κ2) is 16.0. The second-order valence-corrected chi connectivity index (χ2v) is 11.4. The Morgan fingerprint density at radius 1 is 0.600 bits per heavy atom. The molecular formula is C34H44FN5O5. The first kappa shape index (κ1) is 35.0. The standard InChI is InChI=1S/C13H19N3O.C13H18N2O2.C8H7FO2/c1-10(17)12-4-3-11(9-13(12)14)16-7-5-15(2)6-8-16;1-10(16)12-4-3-11(9-13(12)17)15-7-5-14(2)6-8-15;1-5(10)7-3-2-6(9)4-8(7)11/h3-4,9H,5-8,14H2,1-2H3;3-4,9,17H,5-8H2,1-2H3;2-4,11H,1H3. The maximum absolute atomic E-state index is 12.3. The van der Waals surface area contributed by atoms with E-state index in [9.17, 15) is 23.9 Å². The smallest absolute Gasteiger partial charge is 0.163 e. The zero-order valence-corrected chi connectivity index (χ0v) is 26.7. The van der Waals surface area contributed by atoms with Gasteiger partial charge in [0.05, 0.1) is 11.1 Å². The van der Waals surface area contributed by atoms with E-state index in [-0.39, 0.29) is 34.4 Å². The van der Waals surface area contributed by atoms with Gasteiger partial charge >= 0.3 is 0 Å². The predicted octanol–water partition coefficient (Wildman–Crippen LogP) is 4.30. The molecule has 3 aromatic carbocycles. The minimum absolute atomic E-state index is 0.0208. The Kier molecular flexibility index (Phi) is 12.5. The quantitative estimate of drug-likeness (QED) is 0.280. The molecule has 0 aliphatic carbocycles. The van der Waals surface area contributed by atoms with E-state index in [2.05, 4.69) is 33.7 Å². The Morgan fingerprint density at radius 3 is 1.36 bits per heavy atom. The molecule has 0 spiro atoms. The summed E-state index contributed by atoms with van der Waals surface area (Å²) in [6, 6.07) is 14.3. The molecule has 0 aromatic heterocycles. The molecule has 242 valence electrons. The topological polar surface area (TPSA) is 131 Å². The van der Waals surface area contributed by atoms with E-state index in [0.717, 1.165) is 75.9 Å². The Balaban J connectivity index is 0.000000189. The molecule has 0 radical (unpaired) electrons. The molecule has 45 heavy (non-hydrogen) atoms. The number of halogens is 1. The van der Waals surface area contributed by atoms with Crippen LogP contribution < -0.4 is 15.5 Å². The minimum atomic E-state index is -0.549. The van der Waals surface area contributed by atoms with Crippen LogP contribution in [0.25, 0.3) is 0 Å². The third kappa shape index (κ3) is 10.0. The number of piperazine rings is 2. The highest BCUT2D eigenvalue weighted by Crippen LogP contribution is 2.26. The number of anilines is 3. The van der Waals surface area contributed by atoms with Crippen LogP contribution in [0.3, 0.4) is 0 Å². The lowest BCUT2D eigenvalue weighted by Crippen LogP contribution is -2.44. The number of nitrogens with zero attached hydrogens (tertiary/aromatic N) is 4. The monoisotopic (exact) mass is 621 g/mol. The highest BCUT2D eigenvalue weighted by atomic mass is 19.1. The van der Waals surface area contributed by atoms with Crippen LogP contribution in [-0.2, 0) is 0 Å². The zero-order chi connectivity index (χ0) is 33.3. The number of hydrogen-bond acceptors (Lipinski definition) is 10. The molecule has 0 bridgehead atoms. The van der Waals surface area contributed by atoms with Gasteiger partial charge in [-0.25, -0.2) is 4.39 Å². The molecule has 5 rings (SSSR count). The third-order valence-corrected chi connectivity index (χ3v) is 7.85. The summed E-state index contributed by atoms with van der Waals surface area (Å²) in [4.78, 5) is 42.3. The van der Waals surface area contributed by atoms with Crippen molar-refractivity contribution in [2.75, 3.05) is 82.0 Å². The van der Waals surface area contributed by atoms with Crippen LogP contribution in [0.4, 0.5) is 21.5 Å². The van der Waals surface area contributed by atoms with Crippen molar-refractivity contribution in [3.05, 3.63) is 77.1 Å². The fourth-order valence-corrected chi connectivity index (χ4v) is 5.01. The molecule has 3 aromatic rings. The maximum atomic E-state index is 12.3. The van der Waals surface area contributed by atoms with Crippen LogP contribution in [0.2, 0.25) is 0 Å². The van der Waals surface area contributed by atoms with E-state index in [1.807, 2.05) is 24.3 Å². The number of benzene rings is 3. The Morgan fingerprint density at radius 2 is 0.978 bits per heavy atom. The van der Waals surface area contributed by atoms with Crippen molar-refractivity contribution in [1.82, 2.24) is 9.80 Å². The van der Waals surface area contributed by atoms with Gasteiger partial charge in [0.15, 0.2) is 17.3 Å². The first-order valence-corrected chi connectivity index (χ1v) is 14.9. The zero-order valence-electron chi connectivity index (χ0n) is 26.7. The lowest BCUT2D eigenvalue weighted by molar-refractivity contribution is 0.100. The van der Waals surface area contributed by atoms with Crippen molar-refractivity contribution >= 4 is 34.4 Å². The highest BCUT2D eigenvalue weighted by molar-refractivity contribution is 5.99. The number of rotatable bonds is 5. The molecule has 2 saturated heterocycles. The van der Waals surface area contributed by atoms with Crippen molar-refractivity contribution in [3.63, 3.8) is 0 Å². The second-order valence-electron chi connectivity index (χ2n) is 11.4. The van der Waals surface area contributed by atoms with E-state index in [1.54, 1.807) is 19.1 Å². The number of Topliss-reactive ketones (excluding diaryl/α,β-unsaturated/α-hetero) is 3. The SMILES string of the molecule is CC(=O)c1ccc(F)cc1O.CC(=O)c1ccc(N2CCN(C)CC2)cc1N.CC(=O)c1ccc(N2CCN(C)CC2)cc1O. The van der Waals surface area contributed by atoms with Crippen LogP contribution in [0.1, 0.15) is 51.8 Å².